The molecule has 1 aliphatic carbocycles. The van der Waals surface area contributed by atoms with Gasteiger partial charge in [-0.2, -0.15) is 0 Å². The van der Waals surface area contributed by atoms with E-state index in [9.17, 15) is 14.7 Å². The van der Waals surface area contributed by atoms with Gasteiger partial charge < -0.3 is 14.9 Å². The average molecular weight is 240 g/mol. The minimum atomic E-state index is -0.879. The van der Waals surface area contributed by atoms with Crippen molar-refractivity contribution in [2.24, 2.45) is 5.92 Å². The molecule has 1 saturated heterocycles. The molecule has 96 valence electrons. The van der Waals surface area contributed by atoms with E-state index in [4.69, 9.17) is 0 Å². The number of urea groups is 1. The van der Waals surface area contributed by atoms with Gasteiger partial charge in [-0.05, 0) is 32.1 Å². The first-order valence-corrected chi connectivity index (χ1v) is 6.36. The first kappa shape index (κ1) is 12.2. The summed E-state index contributed by atoms with van der Waals surface area (Å²) in [7, 11) is 0. The molecule has 1 N–H and O–H groups in total. The predicted molar refractivity (Wildman–Crippen MR) is 62.7 cm³/mol. The Labute approximate surface area is 101 Å². The lowest BCUT2D eigenvalue weighted by molar-refractivity contribution is -0.142. The van der Waals surface area contributed by atoms with E-state index in [1.54, 1.807) is 0 Å². The fraction of sp³-hybridized carbons (Fsp3) is 0.833. The van der Waals surface area contributed by atoms with E-state index in [-0.39, 0.29) is 11.9 Å². The molecule has 2 aliphatic rings. The molecule has 2 fully saturated rings. The molecule has 0 bridgehead atoms. The number of rotatable bonds is 3. The van der Waals surface area contributed by atoms with Crippen LogP contribution in [-0.2, 0) is 4.79 Å². The number of carboxylic acid groups (broad SMARTS) is 1. The highest BCUT2D eigenvalue weighted by molar-refractivity contribution is 5.84. The Balaban J connectivity index is 2.09. The molecule has 1 heterocycles. The monoisotopic (exact) mass is 240 g/mol. The summed E-state index contributed by atoms with van der Waals surface area (Å²) in [6, 6.07) is -0.389. The van der Waals surface area contributed by atoms with Crippen LogP contribution in [-0.4, -0.2) is 52.1 Å². The maximum absolute atomic E-state index is 12.3. The Hall–Kier alpha value is -1.26. The Bertz CT molecular complexity index is 328. The molecule has 2 amide bonds. The van der Waals surface area contributed by atoms with Crippen molar-refractivity contribution in [1.29, 1.82) is 0 Å². The normalized spacial score (nSPS) is 28.2. The molecule has 0 radical (unpaired) electrons. The highest BCUT2D eigenvalue weighted by atomic mass is 16.4. The Morgan fingerprint density at radius 2 is 2.00 bits per heavy atom. The molecular weight excluding hydrogens is 220 g/mol. The van der Waals surface area contributed by atoms with Gasteiger partial charge in [0.1, 0.15) is 6.04 Å². The van der Waals surface area contributed by atoms with Crippen molar-refractivity contribution in [3.8, 4) is 0 Å². The summed E-state index contributed by atoms with van der Waals surface area (Å²) in [6.07, 6.45) is 2.90. The minimum Gasteiger partial charge on any atom is -0.480 e. The number of likely N-dealkylation sites (tertiary alicyclic amines) is 1. The third-order valence-electron chi connectivity index (χ3n) is 3.77. The largest absolute Gasteiger partial charge is 0.480 e. The third-order valence-corrected chi connectivity index (χ3v) is 3.77. The zero-order chi connectivity index (χ0) is 12.6. The first-order valence-electron chi connectivity index (χ1n) is 6.36. The molecule has 5 heteroatoms. The van der Waals surface area contributed by atoms with Crippen LogP contribution in [0.5, 0.6) is 0 Å². The molecule has 1 saturated carbocycles. The topological polar surface area (TPSA) is 60.9 Å². The number of hydrogen-bond donors (Lipinski definition) is 1. The second-order valence-electron chi connectivity index (χ2n) is 5.04. The van der Waals surface area contributed by atoms with Gasteiger partial charge in [-0.25, -0.2) is 9.59 Å². The van der Waals surface area contributed by atoms with Crippen molar-refractivity contribution < 1.29 is 14.7 Å². The van der Waals surface area contributed by atoms with E-state index in [0.29, 0.717) is 19.1 Å². The van der Waals surface area contributed by atoms with Crippen molar-refractivity contribution in [2.45, 2.75) is 45.2 Å². The second kappa shape index (κ2) is 4.55. The van der Waals surface area contributed by atoms with Gasteiger partial charge in [0.05, 0.1) is 0 Å². The van der Waals surface area contributed by atoms with Crippen LogP contribution in [0.4, 0.5) is 4.79 Å². The molecule has 0 aromatic heterocycles. The van der Waals surface area contributed by atoms with E-state index in [0.717, 1.165) is 19.3 Å². The van der Waals surface area contributed by atoms with Crippen LogP contribution in [0.25, 0.3) is 0 Å². The quantitative estimate of drug-likeness (QED) is 0.810. The lowest BCUT2D eigenvalue weighted by atomic mass is 10.0. The minimum absolute atomic E-state index is 0.0503. The summed E-state index contributed by atoms with van der Waals surface area (Å²) in [5, 5.41) is 9.20. The number of aliphatic carboxylic acids is 1. The number of carbonyl (C=O) groups is 2. The number of nitrogens with zero attached hydrogens (tertiary/aromatic N) is 2. The van der Waals surface area contributed by atoms with Gasteiger partial charge in [0.25, 0.3) is 0 Å². The van der Waals surface area contributed by atoms with Crippen molar-refractivity contribution in [3.05, 3.63) is 0 Å². The van der Waals surface area contributed by atoms with Gasteiger partial charge in [0.2, 0.25) is 0 Å². The van der Waals surface area contributed by atoms with Crippen molar-refractivity contribution >= 4 is 12.0 Å². The maximum atomic E-state index is 12.3. The van der Waals surface area contributed by atoms with E-state index >= 15 is 0 Å². The smallest absolute Gasteiger partial charge is 0.326 e. The van der Waals surface area contributed by atoms with Crippen LogP contribution in [0, 0.1) is 5.92 Å². The molecule has 0 aromatic rings. The van der Waals surface area contributed by atoms with Crippen LogP contribution in [0.1, 0.15) is 33.1 Å². The zero-order valence-corrected chi connectivity index (χ0v) is 10.4. The van der Waals surface area contributed by atoms with Gasteiger partial charge in [0.15, 0.2) is 0 Å². The van der Waals surface area contributed by atoms with Crippen LogP contribution < -0.4 is 0 Å². The molecule has 5 nitrogen and oxygen atoms in total. The molecule has 2 atom stereocenters. The van der Waals surface area contributed by atoms with Gasteiger partial charge >= 0.3 is 12.0 Å². The molecule has 0 aromatic carbocycles. The standard InChI is InChI=1S/C12H20N2O3/c1-3-13(9-4-5-9)12(17)14-7-6-8(2)10(14)11(15)16/h8-10H,3-7H2,1-2H3,(H,15,16). The molecular formula is C12H20N2O3. The number of amides is 2. The van der Waals surface area contributed by atoms with E-state index in [2.05, 4.69) is 0 Å². The highest BCUT2D eigenvalue weighted by Gasteiger charge is 2.43. The lowest BCUT2D eigenvalue weighted by Gasteiger charge is -2.30. The summed E-state index contributed by atoms with van der Waals surface area (Å²) < 4.78 is 0. The van der Waals surface area contributed by atoms with Crippen molar-refractivity contribution in [2.75, 3.05) is 13.1 Å². The number of carboxylic acids is 1. The molecule has 2 unspecified atom stereocenters. The number of hydrogen-bond acceptors (Lipinski definition) is 2. The predicted octanol–water partition coefficient (Wildman–Crippen LogP) is 1.39. The zero-order valence-electron chi connectivity index (χ0n) is 10.4. The second-order valence-corrected chi connectivity index (χ2v) is 5.04. The van der Waals surface area contributed by atoms with Crippen molar-refractivity contribution in [1.82, 2.24) is 9.80 Å². The van der Waals surface area contributed by atoms with Crippen LogP contribution >= 0.6 is 0 Å². The fourth-order valence-electron chi connectivity index (χ4n) is 2.64. The van der Waals surface area contributed by atoms with Crippen LogP contribution in [0.15, 0.2) is 0 Å². The van der Waals surface area contributed by atoms with E-state index < -0.39 is 12.0 Å². The molecule has 17 heavy (non-hydrogen) atoms. The van der Waals surface area contributed by atoms with Gasteiger partial charge in [0, 0.05) is 19.1 Å². The SMILES string of the molecule is CCN(C(=O)N1CCC(C)C1C(=O)O)C1CC1. The van der Waals surface area contributed by atoms with Crippen molar-refractivity contribution in [3.63, 3.8) is 0 Å². The summed E-state index contributed by atoms with van der Waals surface area (Å²) in [5.41, 5.74) is 0. The maximum Gasteiger partial charge on any atom is 0.326 e. The molecule has 1 aliphatic heterocycles. The van der Waals surface area contributed by atoms with Gasteiger partial charge in [-0.15, -0.1) is 0 Å². The lowest BCUT2D eigenvalue weighted by Crippen LogP contribution is -2.49. The Morgan fingerprint density at radius 1 is 1.35 bits per heavy atom. The molecule has 2 rings (SSSR count). The number of carbonyl (C=O) groups excluding carboxylic acids is 1. The first-order chi connectivity index (χ1) is 8.06. The van der Waals surface area contributed by atoms with Gasteiger partial charge in [-0.3, -0.25) is 0 Å². The van der Waals surface area contributed by atoms with Crippen LogP contribution in [0.3, 0.4) is 0 Å². The van der Waals surface area contributed by atoms with E-state index in [1.165, 1.54) is 4.90 Å². The van der Waals surface area contributed by atoms with Gasteiger partial charge in [-0.1, -0.05) is 6.92 Å². The molecule has 0 spiro atoms. The van der Waals surface area contributed by atoms with Crippen LogP contribution in [0.2, 0.25) is 0 Å². The fourth-order valence-corrected chi connectivity index (χ4v) is 2.64. The summed E-state index contributed by atoms with van der Waals surface area (Å²) in [6.45, 7) is 5.09. The third kappa shape index (κ3) is 2.23. The Kier molecular flexibility index (Phi) is 3.26. The summed E-state index contributed by atoms with van der Waals surface area (Å²) in [4.78, 5) is 26.9. The highest BCUT2D eigenvalue weighted by Crippen LogP contribution is 2.31. The Morgan fingerprint density at radius 3 is 2.47 bits per heavy atom. The average Bonchev–Trinajstić information content (AvgIpc) is 3.01. The summed E-state index contributed by atoms with van der Waals surface area (Å²) in [5.74, 6) is -0.829. The summed E-state index contributed by atoms with van der Waals surface area (Å²) >= 11 is 0. The van der Waals surface area contributed by atoms with E-state index in [1.807, 2.05) is 18.7 Å².